The van der Waals surface area contributed by atoms with Crippen molar-refractivity contribution < 1.29 is 14.5 Å². The molecule has 7 nitrogen and oxygen atoms in total. The van der Waals surface area contributed by atoms with Crippen LogP contribution in [0.5, 0.6) is 0 Å². The Morgan fingerprint density at radius 3 is 1.58 bits per heavy atom. The van der Waals surface area contributed by atoms with Crippen LogP contribution in [-0.4, -0.2) is 79.5 Å². The molecule has 2 fully saturated rings. The van der Waals surface area contributed by atoms with E-state index in [1.54, 1.807) is 0 Å². The van der Waals surface area contributed by atoms with Crippen LogP contribution in [0.25, 0.3) is 0 Å². The Morgan fingerprint density at radius 2 is 1.25 bits per heavy atom. The molecule has 0 aromatic rings. The second-order valence-corrected chi connectivity index (χ2v) is 6.58. The van der Waals surface area contributed by atoms with Crippen LogP contribution in [0.3, 0.4) is 0 Å². The predicted octanol–water partition coefficient (Wildman–Crippen LogP) is 0.563. The summed E-state index contributed by atoms with van der Waals surface area (Å²) >= 11 is 0. The summed E-state index contributed by atoms with van der Waals surface area (Å²) in [6.07, 6.45) is 1.96. The Labute approximate surface area is 145 Å². The molecule has 2 rings (SSSR count). The average molecular weight is 342 g/mol. The van der Waals surface area contributed by atoms with Gasteiger partial charge in [0.05, 0.1) is 25.3 Å². The van der Waals surface area contributed by atoms with E-state index in [0.717, 1.165) is 25.9 Å². The minimum atomic E-state index is -0.202. The van der Waals surface area contributed by atoms with E-state index in [0.29, 0.717) is 26.3 Å². The zero-order valence-corrected chi connectivity index (χ0v) is 15.6. The summed E-state index contributed by atoms with van der Waals surface area (Å²) in [5, 5.41) is 10.9. The SMILES string of the molecule is CCON1CC(CC)NC(C(=O)C2CN(OCC)CC(CC)N2)C1. The average Bonchev–Trinajstić information content (AvgIpc) is 2.61. The summed E-state index contributed by atoms with van der Waals surface area (Å²) in [6.45, 7) is 12.4. The van der Waals surface area contributed by atoms with Crippen molar-refractivity contribution in [2.24, 2.45) is 0 Å². The minimum absolute atomic E-state index is 0.202. The largest absolute Gasteiger partial charge is 0.302 e. The maximum atomic E-state index is 13.1. The van der Waals surface area contributed by atoms with E-state index in [2.05, 4.69) is 24.5 Å². The number of Topliss-reactive ketones (excluding diaryl/α,β-unsaturated/α-hetero) is 1. The smallest absolute Gasteiger partial charge is 0.169 e. The minimum Gasteiger partial charge on any atom is -0.302 e. The second-order valence-electron chi connectivity index (χ2n) is 6.58. The van der Waals surface area contributed by atoms with E-state index in [9.17, 15) is 4.79 Å². The van der Waals surface area contributed by atoms with Gasteiger partial charge in [0.1, 0.15) is 0 Å². The molecule has 0 aliphatic carbocycles. The van der Waals surface area contributed by atoms with Crippen LogP contribution in [-0.2, 0) is 14.5 Å². The van der Waals surface area contributed by atoms with E-state index in [1.165, 1.54) is 0 Å². The van der Waals surface area contributed by atoms with Crippen molar-refractivity contribution >= 4 is 5.78 Å². The van der Waals surface area contributed by atoms with Gasteiger partial charge in [-0.25, -0.2) is 0 Å². The zero-order valence-electron chi connectivity index (χ0n) is 15.6. The molecule has 0 saturated carbocycles. The molecular formula is C17H34N4O3. The Kier molecular flexibility index (Phi) is 8.06. The Morgan fingerprint density at radius 1 is 0.833 bits per heavy atom. The Bertz CT molecular complexity index is 362. The van der Waals surface area contributed by atoms with Gasteiger partial charge in [-0.1, -0.05) is 13.8 Å². The maximum absolute atomic E-state index is 13.1. The number of hydrogen-bond donors (Lipinski definition) is 2. The summed E-state index contributed by atoms with van der Waals surface area (Å²) in [5.74, 6) is 0.209. The highest BCUT2D eigenvalue weighted by Crippen LogP contribution is 2.14. The molecule has 0 aromatic carbocycles. The number of ketones is 1. The molecule has 2 saturated heterocycles. The molecule has 0 bridgehead atoms. The van der Waals surface area contributed by atoms with Crippen molar-refractivity contribution in [1.82, 2.24) is 20.8 Å². The zero-order chi connectivity index (χ0) is 17.5. The van der Waals surface area contributed by atoms with Crippen molar-refractivity contribution in [3.8, 4) is 0 Å². The van der Waals surface area contributed by atoms with E-state index in [1.807, 2.05) is 24.0 Å². The molecule has 0 radical (unpaired) electrons. The second kappa shape index (κ2) is 9.79. The van der Waals surface area contributed by atoms with Crippen LogP contribution in [0.4, 0.5) is 0 Å². The standard InChI is InChI=1S/C17H34N4O3/c1-5-13-9-20(23-7-3)11-15(18-13)17(22)16-12-21(24-8-4)10-14(6-2)19-16/h13-16,18-19H,5-12H2,1-4H3. The van der Waals surface area contributed by atoms with Crippen LogP contribution in [0, 0.1) is 0 Å². The highest BCUT2D eigenvalue weighted by atomic mass is 16.7. The lowest BCUT2D eigenvalue weighted by molar-refractivity contribution is -0.186. The summed E-state index contributed by atoms with van der Waals surface area (Å²) in [5.41, 5.74) is 0. The van der Waals surface area contributed by atoms with Gasteiger partial charge in [-0.3, -0.25) is 14.5 Å². The fourth-order valence-corrected chi connectivity index (χ4v) is 3.48. The molecule has 0 spiro atoms. The van der Waals surface area contributed by atoms with E-state index in [-0.39, 0.29) is 30.0 Å². The van der Waals surface area contributed by atoms with Gasteiger partial charge < -0.3 is 10.6 Å². The number of carbonyl (C=O) groups excluding carboxylic acids is 1. The molecule has 0 aromatic heterocycles. The fraction of sp³-hybridized carbons (Fsp3) is 0.941. The van der Waals surface area contributed by atoms with Gasteiger partial charge in [0.25, 0.3) is 0 Å². The topological polar surface area (TPSA) is 66.1 Å². The lowest BCUT2D eigenvalue weighted by atomic mass is 9.97. The lowest BCUT2D eigenvalue weighted by Gasteiger charge is -2.41. The van der Waals surface area contributed by atoms with Crippen LogP contribution < -0.4 is 10.6 Å². The number of piperazine rings is 2. The Balaban J connectivity index is 2.01. The maximum Gasteiger partial charge on any atom is 0.169 e. The molecule has 2 N–H and O–H groups in total. The summed E-state index contributed by atoms with van der Waals surface area (Å²) < 4.78 is 0. The predicted molar refractivity (Wildman–Crippen MR) is 93.4 cm³/mol. The summed E-state index contributed by atoms with van der Waals surface area (Å²) in [6, 6.07) is 0.166. The van der Waals surface area contributed by atoms with Gasteiger partial charge in [0.15, 0.2) is 5.78 Å². The van der Waals surface area contributed by atoms with Crippen molar-refractivity contribution in [3.05, 3.63) is 0 Å². The quantitative estimate of drug-likeness (QED) is 0.668. The monoisotopic (exact) mass is 342 g/mol. The molecule has 4 unspecified atom stereocenters. The van der Waals surface area contributed by atoms with Crippen LogP contribution in [0.1, 0.15) is 40.5 Å². The number of hydrogen-bond acceptors (Lipinski definition) is 7. The molecule has 2 heterocycles. The number of nitrogens with one attached hydrogen (secondary N) is 2. The lowest BCUT2D eigenvalue weighted by Crippen LogP contribution is -2.66. The van der Waals surface area contributed by atoms with Crippen LogP contribution in [0.15, 0.2) is 0 Å². The van der Waals surface area contributed by atoms with Crippen molar-refractivity contribution in [1.29, 1.82) is 0 Å². The third kappa shape index (κ3) is 5.21. The van der Waals surface area contributed by atoms with Crippen LogP contribution >= 0.6 is 0 Å². The van der Waals surface area contributed by atoms with Gasteiger partial charge in [-0.2, -0.15) is 10.1 Å². The van der Waals surface area contributed by atoms with Gasteiger partial charge in [-0.05, 0) is 26.7 Å². The molecule has 2 aliphatic rings. The number of rotatable bonds is 8. The first-order valence-corrected chi connectivity index (χ1v) is 9.42. The molecule has 140 valence electrons. The summed E-state index contributed by atoms with van der Waals surface area (Å²) in [7, 11) is 0. The van der Waals surface area contributed by atoms with Crippen LogP contribution in [0.2, 0.25) is 0 Å². The van der Waals surface area contributed by atoms with Gasteiger partial charge in [0.2, 0.25) is 0 Å². The van der Waals surface area contributed by atoms with Gasteiger partial charge in [0, 0.05) is 38.3 Å². The summed E-state index contributed by atoms with van der Waals surface area (Å²) in [4.78, 5) is 24.4. The molecule has 7 heteroatoms. The van der Waals surface area contributed by atoms with Crippen molar-refractivity contribution in [2.75, 3.05) is 39.4 Å². The highest BCUT2D eigenvalue weighted by Gasteiger charge is 2.38. The number of nitrogens with zero attached hydrogens (tertiary/aromatic N) is 2. The van der Waals surface area contributed by atoms with E-state index >= 15 is 0 Å². The fourth-order valence-electron chi connectivity index (χ4n) is 3.48. The number of carbonyl (C=O) groups is 1. The molecule has 0 amide bonds. The normalized spacial score (nSPS) is 32.8. The third-order valence-electron chi connectivity index (χ3n) is 4.79. The van der Waals surface area contributed by atoms with E-state index < -0.39 is 0 Å². The van der Waals surface area contributed by atoms with Gasteiger partial charge >= 0.3 is 0 Å². The molecule has 4 atom stereocenters. The van der Waals surface area contributed by atoms with Gasteiger partial charge in [-0.15, -0.1) is 0 Å². The first-order valence-electron chi connectivity index (χ1n) is 9.42. The highest BCUT2D eigenvalue weighted by molar-refractivity contribution is 5.89. The first-order chi connectivity index (χ1) is 11.6. The number of hydroxylamine groups is 4. The van der Waals surface area contributed by atoms with E-state index in [4.69, 9.17) is 9.68 Å². The molecule has 24 heavy (non-hydrogen) atoms. The molecule has 2 aliphatic heterocycles. The third-order valence-corrected chi connectivity index (χ3v) is 4.79. The molecular weight excluding hydrogens is 308 g/mol. The van der Waals surface area contributed by atoms with Crippen molar-refractivity contribution in [2.45, 2.75) is 64.7 Å². The Hall–Kier alpha value is -0.570. The first kappa shape index (κ1) is 19.8. The van der Waals surface area contributed by atoms with Crippen molar-refractivity contribution in [3.63, 3.8) is 0 Å².